The Morgan fingerprint density at radius 3 is 2.21 bits per heavy atom. The quantitative estimate of drug-likeness (QED) is 0.726. The van der Waals surface area contributed by atoms with Crippen molar-refractivity contribution in [3.05, 3.63) is 22.5 Å². The third-order valence-corrected chi connectivity index (χ3v) is 4.65. The molecule has 1 aromatic heterocycles. The maximum absolute atomic E-state index is 12.9. The van der Waals surface area contributed by atoms with Crippen LogP contribution in [0, 0.1) is 6.92 Å². The fourth-order valence-corrected chi connectivity index (χ4v) is 3.60. The Morgan fingerprint density at radius 1 is 1.10 bits per heavy atom. The van der Waals surface area contributed by atoms with Gasteiger partial charge in [0.25, 0.3) is 0 Å². The van der Waals surface area contributed by atoms with Crippen LogP contribution in [-0.2, 0) is 20.7 Å². The molecule has 0 saturated carbocycles. The van der Waals surface area contributed by atoms with Crippen LogP contribution in [0.15, 0.2) is 0 Å². The van der Waals surface area contributed by atoms with E-state index in [1.807, 2.05) is 13.8 Å². The fourth-order valence-electron chi connectivity index (χ4n) is 3.60. The highest BCUT2D eigenvalue weighted by molar-refractivity contribution is 5.99. The Labute approximate surface area is 172 Å². The number of amides is 1. The van der Waals surface area contributed by atoms with Gasteiger partial charge in [-0.3, -0.25) is 4.79 Å². The van der Waals surface area contributed by atoms with Gasteiger partial charge in [0, 0.05) is 30.9 Å². The van der Waals surface area contributed by atoms with E-state index >= 15 is 0 Å². The first kappa shape index (κ1) is 22.9. The molecule has 1 fully saturated rings. The van der Waals surface area contributed by atoms with Gasteiger partial charge in [-0.25, -0.2) is 9.59 Å². The lowest BCUT2D eigenvalue weighted by molar-refractivity contribution is -0.132. The summed E-state index contributed by atoms with van der Waals surface area (Å²) in [6.07, 6.45) is -0.0166. The molecule has 1 aliphatic heterocycles. The Kier molecular flexibility index (Phi) is 7.11. The number of piperazine rings is 1. The molecule has 2 N–H and O–H groups in total. The van der Waals surface area contributed by atoms with E-state index in [9.17, 15) is 14.4 Å². The number of aromatic nitrogens is 1. The van der Waals surface area contributed by atoms with Gasteiger partial charge in [-0.2, -0.15) is 0 Å². The van der Waals surface area contributed by atoms with E-state index < -0.39 is 17.5 Å². The molecule has 0 unspecified atom stereocenters. The van der Waals surface area contributed by atoms with E-state index in [2.05, 4.69) is 10.3 Å². The molecule has 0 spiro atoms. The smallest absolute Gasteiger partial charge is 0.355 e. The Bertz CT molecular complexity index is 768. The number of hydrogen-bond acceptors (Lipinski definition) is 6. The molecule has 0 aliphatic carbocycles. The summed E-state index contributed by atoms with van der Waals surface area (Å²) < 4.78 is 10.6. The number of nitrogens with zero attached hydrogens (tertiary/aromatic N) is 1. The summed E-state index contributed by atoms with van der Waals surface area (Å²) in [6.45, 7) is 14.1. The van der Waals surface area contributed by atoms with Gasteiger partial charge in [-0.15, -0.1) is 0 Å². The first-order valence-electron chi connectivity index (χ1n) is 10.1. The number of ether oxygens (including phenoxy) is 2. The molecule has 8 nitrogen and oxygen atoms in total. The van der Waals surface area contributed by atoms with Crippen molar-refractivity contribution in [3.8, 4) is 0 Å². The summed E-state index contributed by atoms with van der Waals surface area (Å²) in [7, 11) is 0. The number of esters is 2. The van der Waals surface area contributed by atoms with Crippen LogP contribution in [0.25, 0.3) is 0 Å². The zero-order chi connectivity index (χ0) is 21.9. The van der Waals surface area contributed by atoms with Crippen LogP contribution in [-0.4, -0.2) is 65.1 Å². The molecule has 1 amide bonds. The molecular formula is C21H33N3O5. The monoisotopic (exact) mass is 407 g/mol. The van der Waals surface area contributed by atoms with Gasteiger partial charge >= 0.3 is 11.9 Å². The van der Waals surface area contributed by atoms with Crippen molar-refractivity contribution in [3.63, 3.8) is 0 Å². The van der Waals surface area contributed by atoms with Gasteiger partial charge in [0.15, 0.2) is 0 Å². The number of H-pyrrole nitrogens is 1. The van der Waals surface area contributed by atoms with Gasteiger partial charge in [0.1, 0.15) is 11.3 Å². The third-order valence-electron chi connectivity index (χ3n) is 4.65. The summed E-state index contributed by atoms with van der Waals surface area (Å²) in [5, 5.41) is 3.39. The van der Waals surface area contributed by atoms with Crippen LogP contribution in [0.1, 0.15) is 73.6 Å². The molecule has 1 aromatic rings. The summed E-state index contributed by atoms with van der Waals surface area (Å²) in [4.78, 5) is 42.8. The minimum absolute atomic E-state index is 0.0166. The molecule has 2 heterocycles. The number of hydrogen-bond donors (Lipinski definition) is 2. The van der Waals surface area contributed by atoms with Crippen LogP contribution in [0.2, 0.25) is 0 Å². The van der Waals surface area contributed by atoms with E-state index in [1.54, 1.807) is 39.5 Å². The summed E-state index contributed by atoms with van der Waals surface area (Å²) in [5.74, 6) is -1.22. The van der Waals surface area contributed by atoms with Gasteiger partial charge in [-0.05, 0) is 54.0 Å². The van der Waals surface area contributed by atoms with Crippen LogP contribution in [0.5, 0.6) is 0 Å². The maximum atomic E-state index is 12.9. The van der Waals surface area contributed by atoms with Gasteiger partial charge in [-0.1, -0.05) is 0 Å². The van der Waals surface area contributed by atoms with Crippen molar-refractivity contribution < 1.29 is 23.9 Å². The Balaban J connectivity index is 2.33. The van der Waals surface area contributed by atoms with Crippen molar-refractivity contribution in [1.29, 1.82) is 0 Å². The predicted octanol–water partition coefficient (Wildman–Crippen LogP) is 2.21. The van der Waals surface area contributed by atoms with Gasteiger partial charge in [0.2, 0.25) is 5.91 Å². The first-order valence-corrected chi connectivity index (χ1v) is 10.1. The van der Waals surface area contributed by atoms with Crippen LogP contribution in [0.3, 0.4) is 0 Å². The van der Waals surface area contributed by atoms with Crippen molar-refractivity contribution in [2.75, 3.05) is 19.7 Å². The molecule has 0 radical (unpaired) electrons. The van der Waals surface area contributed by atoms with E-state index in [4.69, 9.17) is 9.47 Å². The highest BCUT2D eigenvalue weighted by Gasteiger charge is 2.31. The second kappa shape index (κ2) is 8.98. The first-order chi connectivity index (χ1) is 13.4. The lowest BCUT2D eigenvalue weighted by Crippen LogP contribution is -2.56. The highest BCUT2D eigenvalue weighted by atomic mass is 16.6. The number of rotatable bonds is 5. The molecule has 0 bridgehead atoms. The molecule has 2 atom stereocenters. The second-order valence-corrected chi connectivity index (χ2v) is 8.65. The summed E-state index contributed by atoms with van der Waals surface area (Å²) >= 11 is 0. The lowest BCUT2D eigenvalue weighted by atomic mass is 10.1. The normalized spacial score (nSPS) is 19.8. The summed E-state index contributed by atoms with van der Waals surface area (Å²) in [5.41, 5.74) is 0.542. The number of aromatic amines is 1. The maximum Gasteiger partial charge on any atom is 0.355 e. The molecule has 162 valence electrons. The number of carbonyl (C=O) groups excluding carboxylic acids is 3. The molecule has 2 rings (SSSR count). The Hall–Kier alpha value is -2.35. The van der Waals surface area contributed by atoms with Crippen LogP contribution < -0.4 is 5.32 Å². The molecule has 29 heavy (non-hydrogen) atoms. The molecule has 8 heteroatoms. The number of nitrogens with one attached hydrogen (secondary N) is 2. The SMILES string of the molecule is CCOC(=O)c1c(CC(=O)N2C[C@@H](C)N[C@@H](C)C2)[nH]c(C(=O)OC(C)(C)C)c1C. The minimum atomic E-state index is -0.679. The van der Waals surface area contributed by atoms with E-state index in [-0.39, 0.29) is 42.3 Å². The number of carbonyl (C=O) groups is 3. The minimum Gasteiger partial charge on any atom is -0.462 e. The van der Waals surface area contributed by atoms with Crippen molar-refractivity contribution in [1.82, 2.24) is 15.2 Å². The topological polar surface area (TPSA) is 101 Å². The van der Waals surface area contributed by atoms with Crippen molar-refractivity contribution in [2.45, 2.75) is 72.6 Å². The van der Waals surface area contributed by atoms with Crippen molar-refractivity contribution in [2.24, 2.45) is 0 Å². The van der Waals surface area contributed by atoms with Crippen LogP contribution in [0.4, 0.5) is 0 Å². The van der Waals surface area contributed by atoms with E-state index in [0.717, 1.165) is 0 Å². The van der Waals surface area contributed by atoms with Gasteiger partial charge in [0.05, 0.1) is 18.6 Å². The molecule has 1 aliphatic rings. The Morgan fingerprint density at radius 2 is 1.69 bits per heavy atom. The predicted molar refractivity (Wildman–Crippen MR) is 109 cm³/mol. The van der Waals surface area contributed by atoms with E-state index in [1.165, 1.54) is 0 Å². The average Bonchev–Trinajstić information content (AvgIpc) is 2.89. The largest absolute Gasteiger partial charge is 0.462 e. The zero-order valence-corrected chi connectivity index (χ0v) is 18.5. The standard InChI is InChI=1S/C21H33N3O5/c1-8-28-19(26)17-14(4)18(20(27)29-21(5,6)7)23-15(17)9-16(25)24-10-12(2)22-13(3)11-24/h12-13,22-23H,8-11H2,1-7H3/t12-,13+. The highest BCUT2D eigenvalue weighted by Crippen LogP contribution is 2.23. The summed E-state index contributed by atoms with van der Waals surface area (Å²) in [6, 6.07) is 0.379. The second-order valence-electron chi connectivity index (χ2n) is 8.65. The molecule has 0 aromatic carbocycles. The average molecular weight is 408 g/mol. The molecular weight excluding hydrogens is 374 g/mol. The fraction of sp³-hybridized carbons (Fsp3) is 0.667. The van der Waals surface area contributed by atoms with Crippen molar-refractivity contribution >= 4 is 17.8 Å². The van der Waals surface area contributed by atoms with Gasteiger partial charge < -0.3 is 24.7 Å². The lowest BCUT2D eigenvalue weighted by Gasteiger charge is -2.36. The van der Waals surface area contributed by atoms with E-state index in [0.29, 0.717) is 24.3 Å². The zero-order valence-electron chi connectivity index (χ0n) is 18.5. The molecule has 1 saturated heterocycles. The third kappa shape index (κ3) is 5.82. The van der Waals surface area contributed by atoms with Crippen LogP contribution >= 0.6 is 0 Å².